The van der Waals surface area contributed by atoms with Crippen LogP contribution in [-0.4, -0.2) is 34.4 Å². The van der Waals surface area contributed by atoms with Crippen LogP contribution in [0.15, 0.2) is 76.4 Å². The van der Waals surface area contributed by atoms with Crippen LogP contribution in [0.4, 0.5) is 0 Å². The minimum absolute atomic E-state index is 0.114. The van der Waals surface area contributed by atoms with Crippen molar-refractivity contribution in [1.29, 1.82) is 0 Å². The highest BCUT2D eigenvalue weighted by Gasteiger charge is 2.52. The number of hydrazone groups is 1. The number of furan rings is 1. The first-order valence-electron chi connectivity index (χ1n) is 10.9. The Bertz CT molecular complexity index is 1110. The predicted octanol–water partition coefficient (Wildman–Crippen LogP) is 5.47. The van der Waals surface area contributed by atoms with Gasteiger partial charge in [-0.3, -0.25) is 4.90 Å². The Kier molecular flexibility index (Phi) is 4.55. The van der Waals surface area contributed by atoms with Crippen molar-refractivity contribution in [3.05, 3.63) is 88.8 Å². The summed E-state index contributed by atoms with van der Waals surface area (Å²) in [4.78, 5) is 2.50. The number of nitrogens with zero attached hydrogens (tertiary/aromatic N) is 3. The maximum Gasteiger partial charge on any atom is 0.200 e. The molecule has 1 fully saturated rings. The van der Waals surface area contributed by atoms with Crippen molar-refractivity contribution in [2.24, 2.45) is 5.10 Å². The summed E-state index contributed by atoms with van der Waals surface area (Å²) in [7, 11) is 0. The second-order valence-electron chi connectivity index (χ2n) is 8.58. The molecule has 6 rings (SSSR count). The fourth-order valence-corrected chi connectivity index (χ4v) is 5.26. The van der Waals surface area contributed by atoms with Crippen molar-refractivity contribution in [3.63, 3.8) is 0 Å². The van der Waals surface area contributed by atoms with Gasteiger partial charge >= 0.3 is 0 Å². The number of ether oxygens (including phenoxy) is 1. The number of piperidine rings is 1. The molecule has 0 saturated carbocycles. The number of halogens is 1. The first kappa shape index (κ1) is 19.0. The van der Waals surface area contributed by atoms with Crippen LogP contribution in [-0.2, 0) is 6.54 Å². The Balaban J connectivity index is 1.30. The van der Waals surface area contributed by atoms with E-state index in [0.29, 0.717) is 0 Å². The number of likely N-dealkylation sites (tertiary alicyclic amines) is 1. The Morgan fingerprint density at radius 2 is 1.87 bits per heavy atom. The highest BCUT2D eigenvalue weighted by atomic mass is 35.5. The number of hydrogen-bond acceptors (Lipinski definition) is 5. The third-order valence-electron chi connectivity index (χ3n) is 6.65. The van der Waals surface area contributed by atoms with Crippen molar-refractivity contribution in [2.45, 2.75) is 37.6 Å². The van der Waals surface area contributed by atoms with Crippen molar-refractivity contribution in [2.75, 3.05) is 13.1 Å². The summed E-state index contributed by atoms with van der Waals surface area (Å²) in [5, 5.41) is 7.96. The van der Waals surface area contributed by atoms with E-state index in [2.05, 4.69) is 40.2 Å². The lowest BCUT2D eigenvalue weighted by Gasteiger charge is -2.51. The second-order valence-corrected chi connectivity index (χ2v) is 9.02. The van der Waals surface area contributed by atoms with E-state index in [0.717, 1.165) is 66.7 Å². The Morgan fingerprint density at radius 3 is 2.65 bits per heavy atom. The predicted molar refractivity (Wildman–Crippen MR) is 120 cm³/mol. The molecule has 0 radical (unpaired) electrons. The van der Waals surface area contributed by atoms with Gasteiger partial charge in [-0.1, -0.05) is 41.9 Å². The normalized spacial score (nSPS) is 22.0. The van der Waals surface area contributed by atoms with E-state index in [1.165, 1.54) is 5.56 Å². The zero-order chi connectivity index (χ0) is 20.8. The molecule has 31 heavy (non-hydrogen) atoms. The van der Waals surface area contributed by atoms with Gasteiger partial charge in [0.25, 0.3) is 0 Å². The largest absolute Gasteiger partial charge is 0.466 e. The first-order valence-corrected chi connectivity index (χ1v) is 11.2. The van der Waals surface area contributed by atoms with Crippen LogP contribution < -0.4 is 4.74 Å². The van der Waals surface area contributed by atoms with E-state index < -0.39 is 5.72 Å². The first-order chi connectivity index (χ1) is 15.2. The van der Waals surface area contributed by atoms with Crippen molar-refractivity contribution in [3.8, 4) is 5.75 Å². The van der Waals surface area contributed by atoms with Gasteiger partial charge < -0.3 is 9.15 Å². The van der Waals surface area contributed by atoms with Gasteiger partial charge in [0.1, 0.15) is 17.2 Å². The molecule has 0 bridgehead atoms. The standard InChI is InChI=1S/C25H24ClN3O2/c26-19-8-9-23-20(15-19)22-16-21(24-7-4-14-30-24)27-29(22)25(31-23)10-12-28(13-11-25)17-18-5-2-1-3-6-18/h1-9,14-15,22H,10-13,16-17H2. The van der Waals surface area contributed by atoms with Crippen molar-refractivity contribution in [1.82, 2.24) is 9.91 Å². The molecule has 2 aromatic carbocycles. The smallest absolute Gasteiger partial charge is 0.200 e. The van der Waals surface area contributed by atoms with E-state index in [-0.39, 0.29) is 6.04 Å². The van der Waals surface area contributed by atoms with Crippen LogP contribution in [0, 0.1) is 0 Å². The SMILES string of the molecule is Clc1ccc2c(c1)C1CC(c3ccco3)=NN1C1(CCN(Cc3ccccc3)CC1)O2. The topological polar surface area (TPSA) is 41.2 Å². The molecule has 1 aromatic heterocycles. The lowest BCUT2D eigenvalue weighted by atomic mass is 9.91. The van der Waals surface area contributed by atoms with Gasteiger partial charge in [-0.15, -0.1) is 0 Å². The zero-order valence-corrected chi connectivity index (χ0v) is 18.0. The monoisotopic (exact) mass is 433 g/mol. The van der Waals surface area contributed by atoms with Gasteiger partial charge in [0.15, 0.2) is 0 Å². The van der Waals surface area contributed by atoms with E-state index in [1.807, 2.05) is 30.3 Å². The molecule has 1 atom stereocenters. The van der Waals surface area contributed by atoms with E-state index in [9.17, 15) is 0 Å². The number of rotatable bonds is 3. The minimum Gasteiger partial charge on any atom is -0.466 e. The molecule has 5 nitrogen and oxygen atoms in total. The third-order valence-corrected chi connectivity index (χ3v) is 6.89. The summed E-state index contributed by atoms with van der Waals surface area (Å²) >= 11 is 6.34. The summed E-state index contributed by atoms with van der Waals surface area (Å²) < 4.78 is 12.4. The molecular formula is C25H24ClN3O2. The Labute approximate surface area is 186 Å². The third kappa shape index (κ3) is 3.33. The summed E-state index contributed by atoms with van der Waals surface area (Å²) in [5.41, 5.74) is 2.99. The summed E-state index contributed by atoms with van der Waals surface area (Å²) in [6.45, 7) is 2.90. The maximum absolute atomic E-state index is 6.70. The molecule has 0 N–H and O–H groups in total. The number of hydrogen-bond donors (Lipinski definition) is 0. The van der Waals surface area contributed by atoms with Crippen LogP contribution in [0.2, 0.25) is 5.02 Å². The van der Waals surface area contributed by atoms with Crippen LogP contribution >= 0.6 is 11.6 Å². The highest BCUT2D eigenvalue weighted by molar-refractivity contribution is 6.30. The highest BCUT2D eigenvalue weighted by Crippen LogP contribution is 2.50. The van der Waals surface area contributed by atoms with Gasteiger partial charge in [-0.05, 0) is 35.9 Å². The molecule has 3 aliphatic rings. The second kappa shape index (κ2) is 7.43. The summed E-state index contributed by atoms with van der Waals surface area (Å²) in [6, 6.07) is 20.6. The molecule has 4 heterocycles. The lowest BCUT2D eigenvalue weighted by molar-refractivity contribution is -0.150. The Hall–Kier alpha value is -2.76. The van der Waals surface area contributed by atoms with Crippen LogP contribution in [0.1, 0.15) is 42.2 Å². The van der Waals surface area contributed by atoms with Crippen LogP contribution in [0.5, 0.6) is 5.75 Å². The average Bonchev–Trinajstić information content (AvgIpc) is 3.47. The molecule has 0 aliphatic carbocycles. The molecule has 1 unspecified atom stereocenters. The zero-order valence-electron chi connectivity index (χ0n) is 17.2. The van der Waals surface area contributed by atoms with E-state index in [1.54, 1.807) is 6.26 Å². The number of benzene rings is 2. The average molecular weight is 434 g/mol. The molecule has 1 saturated heterocycles. The van der Waals surface area contributed by atoms with Gasteiger partial charge in [0.05, 0.1) is 12.3 Å². The van der Waals surface area contributed by atoms with Crippen LogP contribution in [0.25, 0.3) is 0 Å². The summed E-state index contributed by atoms with van der Waals surface area (Å²) in [5.74, 6) is 1.76. The van der Waals surface area contributed by atoms with Crippen molar-refractivity contribution >= 4 is 17.3 Å². The number of fused-ring (bicyclic) bond motifs is 4. The van der Waals surface area contributed by atoms with Gasteiger partial charge in [0.2, 0.25) is 5.72 Å². The molecule has 0 amide bonds. The fraction of sp³-hybridized carbons (Fsp3) is 0.320. The van der Waals surface area contributed by atoms with Gasteiger partial charge in [-0.2, -0.15) is 5.10 Å². The van der Waals surface area contributed by atoms with E-state index >= 15 is 0 Å². The summed E-state index contributed by atoms with van der Waals surface area (Å²) in [6.07, 6.45) is 4.29. The molecule has 1 spiro atoms. The van der Waals surface area contributed by atoms with E-state index in [4.69, 9.17) is 25.9 Å². The van der Waals surface area contributed by atoms with Crippen molar-refractivity contribution < 1.29 is 9.15 Å². The van der Waals surface area contributed by atoms with Crippen LogP contribution in [0.3, 0.4) is 0 Å². The molecule has 3 aromatic rings. The lowest BCUT2D eigenvalue weighted by Crippen LogP contribution is -2.59. The minimum atomic E-state index is -0.437. The Morgan fingerprint density at radius 1 is 1.03 bits per heavy atom. The molecule has 3 aliphatic heterocycles. The molecular weight excluding hydrogens is 410 g/mol. The van der Waals surface area contributed by atoms with Gasteiger partial charge in [0, 0.05) is 49.5 Å². The molecule has 158 valence electrons. The fourth-order valence-electron chi connectivity index (χ4n) is 5.08. The van der Waals surface area contributed by atoms with Gasteiger partial charge in [-0.25, -0.2) is 5.01 Å². The quantitative estimate of drug-likeness (QED) is 0.549. The maximum atomic E-state index is 6.70. The molecule has 6 heteroatoms.